The number of hydrogen-bond acceptors (Lipinski definition) is 1. The fourth-order valence-electron chi connectivity index (χ4n) is 1.78. The molecule has 1 N–H and O–H groups in total. The van der Waals surface area contributed by atoms with E-state index in [2.05, 4.69) is 16.1 Å². The normalized spacial score (nSPS) is 15.7. The SMILES string of the molecule is Clc1ccc2c(c1)C(=Cc1ccc[nH]1)C=N2. The molecule has 16 heavy (non-hydrogen) atoms. The lowest BCUT2D eigenvalue weighted by Crippen LogP contribution is -1.80. The smallest absolute Gasteiger partial charge is 0.0709 e. The summed E-state index contributed by atoms with van der Waals surface area (Å²) in [4.78, 5) is 7.47. The summed E-state index contributed by atoms with van der Waals surface area (Å²) in [6.07, 6.45) is 5.82. The van der Waals surface area contributed by atoms with E-state index in [1.54, 1.807) is 0 Å². The third-order valence-electron chi connectivity index (χ3n) is 2.55. The molecule has 2 aromatic rings. The van der Waals surface area contributed by atoms with Gasteiger partial charge in [0.2, 0.25) is 0 Å². The molecule has 3 rings (SSSR count). The van der Waals surface area contributed by atoms with Crippen molar-refractivity contribution in [3.8, 4) is 0 Å². The maximum atomic E-state index is 5.98. The highest BCUT2D eigenvalue weighted by atomic mass is 35.5. The van der Waals surface area contributed by atoms with E-state index in [4.69, 9.17) is 11.6 Å². The number of fused-ring (bicyclic) bond motifs is 1. The molecule has 0 saturated heterocycles. The summed E-state index contributed by atoms with van der Waals surface area (Å²) in [5.41, 5.74) is 4.21. The maximum absolute atomic E-state index is 5.98. The summed E-state index contributed by atoms with van der Waals surface area (Å²) in [6.45, 7) is 0. The number of halogens is 1. The van der Waals surface area contributed by atoms with Gasteiger partial charge in [-0.3, -0.25) is 4.99 Å². The Balaban J connectivity index is 2.09. The van der Waals surface area contributed by atoms with Crippen LogP contribution in [0.3, 0.4) is 0 Å². The highest BCUT2D eigenvalue weighted by Gasteiger charge is 2.12. The van der Waals surface area contributed by atoms with Crippen molar-refractivity contribution < 1.29 is 0 Å². The Kier molecular flexibility index (Phi) is 2.15. The van der Waals surface area contributed by atoms with Gasteiger partial charge in [-0.25, -0.2) is 0 Å². The first-order valence-corrected chi connectivity index (χ1v) is 5.40. The van der Waals surface area contributed by atoms with Crippen LogP contribution >= 0.6 is 11.6 Å². The van der Waals surface area contributed by atoms with Crippen LogP contribution in [0.4, 0.5) is 5.69 Å². The van der Waals surface area contributed by atoms with Crippen LogP contribution in [-0.2, 0) is 0 Å². The Hall–Kier alpha value is -1.80. The predicted octanol–water partition coefficient (Wildman–Crippen LogP) is 3.92. The third kappa shape index (κ3) is 1.57. The summed E-state index contributed by atoms with van der Waals surface area (Å²) in [5.74, 6) is 0. The molecule has 1 aromatic heterocycles. The van der Waals surface area contributed by atoms with Crippen LogP contribution < -0.4 is 0 Å². The minimum absolute atomic E-state index is 0.738. The van der Waals surface area contributed by atoms with Gasteiger partial charge in [-0.15, -0.1) is 0 Å². The van der Waals surface area contributed by atoms with E-state index < -0.39 is 0 Å². The number of aliphatic imine (C=N–C) groups is 1. The third-order valence-corrected chi connectivity index (χ3v) is 2.78. The van der Waals surface area contributed by atoms with E-state index in [0.29, 0.717) is 0 Å². The van der Waals surface area contributed by atoms with Crippen molar-refractivity contribution in [1.82, 2.24) is 4.98 Å². The molecule has 2 nitrogen and oxygen atoms in total. The van der Waals surface area contributed by atoms with Crippen LogP contribution in [0, 0.1) is 0 Å². The fraction of sp³-hybridized carbons (Fsp3) is 0. The van der Waals surface area contributed by atoms with Gasteiger partial charge in [0.05, 0.1) is 5.69 Å². The molecule has 0 spiro atoms. The molecule has 0 fully saturated rings. The quantitative estimate of drug-likeness (QED) is 0.766. The molecule has 0 saturated carbocycles. The largest absolute Gasteiger partial charge is 0.362 e. The molecular weight excluding hydrogens is 220 g/mol. The van der Waals surface area contributed by atoms with Crippen molar-refractivity contribution in [3.05, 3.63) is 52.8 Å². The number of H-pyrrole nitrogens is 1. The number of nitrogens with one attached hydrogen (secondary N) is 1. The van der Waals surface area contributed by atoms with Crippen molar-refractivity contribution in [3.63, 3.8) is 0 Å². The van der Waals surface area contributed by atoms with Gasteiger partial charge in [0.15, 0.2) is 0 Å². The second-order valence-electron chi connectivity index (χ2n) is 3.64. The zero-order valence-corrected chi connectivity index (χ0v) is 9.20. The topological polar surface area (TPSA) is 28.1 Å². The lowest BCUT2D eigenvalue weighted by Gasteiger charge is -1.99. The molecule has 1 aliphatic rings. The number of rotatable bonds is 1. The van der Waals surface area contributed by atoms with Gasteiger partial charge < -0.3 is 4.98 Å². The fourth-order valence-corrected chi connectivity index (χ4v) is 1.95. The van der Waals surface area contributed by atoms with Gasteiger partial charge in [-0.05, 0) is 36.4 Å². The number of benzene rings is 1. The number of aromatic nitrogens is 1. The van der Waals surface area contributed by atoms with E-state index in [9.17, 15) is 0 Å². The van der Waals surface area contributed by atoms with Crippen molar-refractivity contribution in [2.75, 3.05) is 0 Å². The van der Waals surface area contributed by atoms with Crippen molar-refractivity contribution in [2.45, 2.75) is 0 Å². The van der Waals surface area contributed by atoms with Crippen molar-refractivity contribution >= 4 is 35.2 Å². The molecular formula is C13H9ClN2. The zero-order valence-electron chi connectivity index (χ0n) is 8.44. The van der Waals surface area contributed by atoms with Crippen LogP contribution in [0.25, 0.3) is 11.6 Å². The summed E-state index contributed by atoms with van der Waals surface area (Å²) >= 11 is 5.98. The second-order valence-corrected chi connectivity index (χ2v) is 4.08. The first-order valence-electron chi connectivity index (χ1n) is 5.02. The van der Waals surface area contributed by atoms with Crippen LogP contribution in [0.15, 0.2) is 41.5 Å². The molecule has 78 valence electrons. The van der Waals surface area contributed by atoms with Gasteiger partial charge in [0, 0.05) is 34.3 Å². The number of allylic oxidation sites excluding steroid dienone is 1. The second kappa shape index (κ2) is 3.65. The van der Waals surface area contributed by atoms with Crippen LogP contribution in [0.5, 0.6) is 0 Å². The van der Waals surface area contributed by atoms with Gasteiger partial charge in [-0.2, -0.15) is 0 Å². The lowest BCUT2D eigenvalue weighted by molar-refractivity contribution is 1.38. The standard InChI is InChI=1S/C13H9ClN2/c14-10-3-4-13-12(7-10)9(8-16-13)6-11-2-1-5-15-11/h1-8,15H. The first kappa shape index (κ1) is 9.43. The number of aromatic amines is 1. The predicted molar refractivity (Wildman–Crippen MR) is 68.3 cm³/mol. The number of nitrogens with zero attached hydrogens (tertiary/aromatic N) is 1. The average molecular weight is 229 g/mol. The Labute approximate surface area is 98.3 Å². The van der Waals surface area contributed by atoms with Gasteiger partial charge >= 0.3 is 0 Å². The molecule has 0 bridgehead atoms. The molecule has 0 atom stereocenters. The van der Waals surface area contributed by atoms with E-state index in [0.717, 1.165) is 27.5 Å². The van der Waals surface area contributed by atoms with Gasteiger partial charge in [-0.1, -0.05) is 11.6 Å². The molecule has 0 aliphatic carbocycles. The van der Waals surface area contributed by atoms with Crippen molar-refractivity contribution in [2.24, 2.45) is 4.99 Å². The monoisotopic (exact) mass is 228 g/mol. The van der Waals surface area contributed by atoms with Crippen LogP contribution in [0.1, 0.15) is 11.3 Å². The molecule has 3 heteroatoms. The maximum Gasteiger partial charge on any atom is 0.0709 e. The Morgan fingerprint density at radius 1 is 1.25 bits per heavy atom. The van der Waals surface area contributed by atoms with E-state index in [1.165, 1.54) is 0 Å². The van der Waals surface area contributed by atoms with Crippen LogP contribution in [0.2, 0.25) is 5.02 Å². The minimum Gasteiger partial charge on any atom is -0.362 e. The van der Waals surface area contributed by atoms with E-state index in [1.807, 2.05) is 42.7 Å². The lowest BCUT2D eigenvalue weighted by atomic mass is 10.1. The Morgan fingerprint density at radius 3 is 3.00 bits per heavy atom. The van der Waals surface area contributed by atoms with Gasteiger partial charge in [0.25, 0.3) is 0 Å². The molecule has 0 radical (unpaired) electrons. The summed E-state index contributed by atoms with van der Waals surface area (Å²) in [6, 6.07) is 9.72. The number of hydrogen-bond donors (Lipinski definition) is 1. The average Bonchev–Trinajstić information content (AvgIpc) is 2.90. The Bertz CT molecular complexity index is 580. The van der Waals surface area contributed by atoms with Crippen molar-refractivity contribution in [1.29, 1.82) is 0 Å². The highest BCUT2D eigenvalue weighted by Crippen LogP contribution is 2.34. The molecule has 2 heterocycles. The van der Waals surface area contributed by atoms with Gasteiger partial charge in [0.1, 0.15) is 0 Å². The summed E-state index contributed by atoms with van der Waals surface area (Å²) in [7, 11) is 0. The summed E-state index contributed by atoms with van der Waals surface area (Å²) < 4.78 is 0. The van der Waals surface area contributed by atoms with E-state index in [-0.39, 0.29) is 0 Å². The highest BCUT2D eigenvalue weighted by molar-refractivity contribution is 6.31. The molecule has 0 unspecified atom stereocenters. The van der Waals surface area contributed by atoms with E-state index >= 15 is 0 Å². The Morgan fingerprint density at radius 2 is 2.19 bits per heavy atom. The summed E-state index contributed by atoms with van der Waals surface area (Å²) in [5, 5.41) is 0.738. The molecule has 1 aromatic carbocycles. The zero-order chi connectivity index (χ0) is 11.0. The first-order chi connectivity index (χ1) is 7.83. The molecule has 1 aliphatic heterocycles. The van der Waals surface area contributed by atoms with Crippen LogP contribution in [-0.4, -0.2) is 11.2 Å². The molecule has 0 amide bonds. The minimum atomic E-state index is 0.738.